The third kappa shape index (κ3) is 2.47. The van der Waals surface area contributed by atoms with E-state index in [2.05, 4.69) is 4.74 Å². The topological polar surface area (TPSA) is 70.3 Å². The number of phenols is 1. The van der Waals surface area contributed by atoms with Crippen LogP contribution in [0.4, 0.5) is 13.2 Å². The lowest BCUT2D eigenvalue weighted by molar-refractivity contribution is -0.138. The molecule has 1 rings (SSSR count). The first-order chi connectivity index (χ1) is 7.81. The van der Waals surface area contributed by atoms with Crippen LogP contribution in [-0.4, -0.2) is 18.2 Å². The molecule has 1 aromatic rings. The van der Waals surface area contributed by atoms with Gasteiger partial charge in [0, 0.05) is 0 Å². The Morgan fingerprint density at radius 1 is 1.47 bits per heavy atom. The van der Waals surface area contributed by atoms with Crippen molar-refractivity contribution in [3.8, 4) is 11.8 Å². The highest BCUT2D eigenvalue weighted by Crippen LogP contribution is 2.36. The van der Waals surface area contributed by atoms with E-state index < -0.39 is 34.6 Å². The quantitative estimate of drug-likeness (QED) is 0.769. The van der Waals surface area contributed by atoms with Gasteiger partial charge in [-0.3, -0.25) is 0 Å². The van der Waals surface area contributed by atoms with Crippen LogP contribution in [0.5, 0.6) is 5.75 Å². The molecule has 0 radical (unpaired) electrons. The summed E-state index contributed by atoms with van der Waals surface area (Å²) in [4.78, 5) is 11.2. The summed E-state index contributed by atoms with van der Waals surface area (Å²) in [6.45, 7) is 0. The average Bonchev–Trinajstić information content (AvgIpc) is 2.24. The lowest BCUT2D eigenvalue weighted by Gasteiger charge is -2.13. The monoisotopic (exact) mass is 245 g/mol. The molecule has 0 saturated carbocycles. The van der Waals surface area contributed by atoms with Gasteiger partial charge in [-0.05, 0) is 12.1 Å². The molecule has 90 valence electrons. The number of ether oxygens (including phenoxy) is 1. The van der Waals surface area contributed by atoms with Crippen LogP contribution in [0.15, 0.2) is 12.1 Å². The van der Waals surface area contributed by atoms with Gasteiger partial charge in [0.1, 0.15) is 5.75 Å². The van der Waals surface area contributed by atoms with Gasteiger partial charge in [-0.2, -0.15) is 18.4 Å². The summed E-state index contributed by atoms with van der Waals surface area (Å²) < 4.78 is 42.2. The van der Waals surface area contributed by atoms with Crippen molar-refractivity contribution in [3.05, 3.63) is 28.8 Å². The molecule has 0 spiro atoms. The Morgan fingerprint density at radius 2 is 2.06 bits per heavy atom. The molecule has 1 N–H and O–H groups in total. The predicted molar refractivity (Wildman–Crippen MR) is 49.2 cm³/mol. The Labute approximate surface area is 93.8 Å². The fraction of sp³-hybridized carbons (Fsp3) is 0.200. The number of alkyl halides is 3. The zero-order valence-corrected chi connectivity index (χ0v) is 8.50. The van der Waals surface area contributed by atoms with Gasteiger partial charge in [-0.15, -0.1) is 0 Å². The number of nitriles is 1. The molecule has 0 aliphatic rings. The number of carbonyl (C=O) groups is 1. The Balaban J connectivity index is 3.63. The summed E-state index contributed by atoms with van der Waals surface area (Å²) in [5.74, 6) is -1.89. The minimum Gasteiger partial charge on any atom is -0.508 e. The van der Waals surface area contributed by atoms with Crippen LogP contribution in [0, 0.1) is 11.3 Å². The van der Waals surface area contributed by atoms with Gasteiger partial charge in [0.25, 0.3) is 0 Å². The maximum atomic E-state index is 12.7. The number of methoxy groups -OCH3 is 1. The van der Waals surface area contributed by atoms with Gasteiger partial charge in [-0.25, -0.2) is 4.79 Å². The first-order valence-electron chi connectivity index (χ1n) is 4.24. The zero-order valence-electron chi connectivity index (χ0n) is 8.50. The van der Waals surface area contributed by atoms with Gasteiger partial charge in [0.15, 0.2) is 0 Å². The summed E-state index contributed by atoms with van der Waals surface area (Å²) in [6, 6.07) is 2.52. The molecule has 0 heterocycles. The highest BCUT2D eigenvalue weighted by molar-refractivity contribution is 5.92. The second-order valence-electron chi connectivity index (χ2n) is 3.02. The second-order valence-corrected chi connectivity index (χ2v) is 3.02. The van der Waals surface area contributed by atoms with Crippen molar-refractivity contribution in [3.63, 3.8) is 0 Å². The van der Waals surface area contributed by atoms with Crippen LogP contribution < -0.4 is 0 Å². The van der Waals surface area contributed by atoms with E-state index >= 15 is 0 Å². The third-order valence-electron chi connectivity index (χ3n) is 1.93. The normalized spacial score (nSPS) is 10.8. The molecule has 1 aromatic carbocycles. The van der Waals surface area contributed by atoms with Gasteiger partial charge < -0.3 is 9.84 Å². The van der Waals surface area contributed by atoms with E-state index in [0.29, 0.717) is 12.1 Å². The Bertz CT molecular complexity index is 503. The second kappa shape index (κ2) is 4.33. The molecule has 0 bridgehead atoms. The van der Waals surface area contributed by atoms with Crippen LogP contribution >= 0.6 is 0 Å². The molecule has 7 heteroatoms. The molecule has 0 amide bonds. The van der Waals surface area contributed by atoms with E-state index in [1.807, 2.05) is 0 Å². The number of benzene rings is 1. The fourth-order valence-electron chi connectivity index (χ4n) is 1.29. The van der Waals surface area contributed by atoms with Gasteiger partial charge in [-0.1, -0.05) is 0 Å². The molecule has 4 nitrogen and oxygen atoms in total. The minimum absolute atomic E-state index is 0.607. The van der Waals surface area contributed by atoms with E-state index in [1.54, 1.807) is 0 Å². The Morgan fingerprint density at radius 3 is 2.47 bits per heavy atom. The van der Waals surface area contributed by atoms with Gasteiger partial charge in [0.2, 0.25) is 0 Å². The van der Waals surface area contributed by atoms with Gasteiger partial charge >= 0.3 is 12.1 Å². The van der Waals surface area contributed by atoms with Crippen molar-refractivity contribution in [2.45, 2.75) is 6.18 Å². The summed E-state index contributed by atoms with van der Waals surface area (Å²) in [6.07, 6.45) is -4.89. The molecule has 0 aliphatic heterocycles. The lowest BCUT2D eigenvalue weighted by atomic mass is 10.0. The predicted octanol–water partition coefficient (Wildman–Crippen LogP) is 2.07. The molecule has 0 unspecified atom stereocenters. The van der Waals surface area contributed by atoms with Crippen LogP contribution in [0.25, 0.3) is 0 Å². The maximum absolute atomic E-state index is 12.7. The number of halogens is 3. The molecular formula is C10H6F3NO3. The van der Waals surface area contributed by atoms with Crippen molar-refractivity contribution >= 4 is 5.97 Å². The zero-order chi connectivity index (χ0) is 13.2. The first kappa shape index (κ1) is 12.8. The van der Waals surface area contributed by atoms with Crippen LogP contribution in [0.2, 0.25) is 0 Å². The maximum Gasteiger partial charge on any atom is 0.418 e. The third-order valence-corrected chi connectivity index (χ3v) is 1.93. The average molecular weight is 245 g/mol. The minimum atomic E-state index is -4.89. The van der Waals surface area contributed by atoms with Crippen LogP contribution in [0.1, 0.15) is 21.5 Å². The molecular weight excluding hydrogens is 239 g/mol. The number of rotatable bonds is 1. The first-order valence-corrected chi connectivity index (χ1v) is 4.24. The number of aromatic hydroxyl groups is 1. The summed E-state index contributed by atoms with van der Waals surface area (Å²) in [7, 11) is 0.901. The number of nitrogens with zero attached hydrogens (tertiary/aromatic N) is 1. The smallest absolute Gasteiger partial charge is 0.418 e. The van der Waals surface area contributed by atoms with E-state index in [9.17, 15) is 18.0 Å². The number of esters is 1. The molecule has 0 aliphatic carbocycles. The SMILES string of the molecule is COC(=O)c1cc(O)cc(C#N)c1C(F)(F)F. The summed E-state index contributed by atoms with van der Waals surface area (Å²) in [5.41, 5.74) is -3.14. The van der Waals surface area contributed by atoms with Crippen molar-refractivity contribution in [2.24, 2.45) is 0 Å². The highest BCUT2D eigenvalue weighted by Gasteiger charge is 2.39. The standard InChI is InChI=1S/C10H6F3NO3/c1-17-9(16)7-3-6(15)2-5(4-14)8(7)10(11,12)13/h2-3,15H,1H3. The van der Waals surface area contributed by atoms with Crippen LogP contribution in [0.3, 0.4) is 0 Å². The van der Waals surface area contributed by atoms with Gasteiger partial charge in [0.05, 0.1) is 29.9 Å². The fourth-order valence-corrected chi connectivity index (χ4v) is 1.29. The lowest BCUT2D eigenvalue weighted by Crippen LogP contribution is -2.16. The van der Waals surface area contributed by atoms with E-state index in [1.165, 1.54) is 6.07 Å². The van der Waals surface area contributed by atoms with Crippen molar-refractivity contribution < 1.29 is 27.8 Å². The molecule has 0 saturated heterocycles. The van der Waals surface area contributed by atoms with Crippen molar-refractivity contribution in [2.75, 3.05) is 7.11 Å². The largest absolute Gasteiger partial charge is 0.508 e. The summed E-state index contributed by atoms with van der Waals surface area (Å²) in [5, 5.41) is 17.7. The molecule has 0 atom stereocenters. The Kier molecular flexibility index (Phi) is 3.27. The molecule has 17 heavy (non-hydrogen) atoms. The number of carbonyl (C=O) groups excluding carboxylic acids is 1. The summed E-state index contributed by atoms with van der Waals surface area (Å²) >= 11 is 0. The Hall–Kier alpha value is -2.23. The van der Waals surface area contributed by atoms with E-state index in [0.717, 1.165) is 7.11 Å². The van der Waals surface area contributed by atoms with Crippen LogP contribution in [-0.2, 0) is 10.9 Å². The van der Waals surface area contributed by atoms with E-state index in [4.69, 9.17) is 10.4 Å². The molecule has 0 aromatic heterocycles. The van der Waals surface area contributed by atoms with E-state index in [-0.39, 0.29) is 0 Å². The highest BCUT2D eigenvalue weighted by atomic mass is 19.4. The number of hydrogen-bond donors (Lipinski definition) is 1. The van der Waals surface area contributed by atoms with Crippen molar-refractivity contribution in [1.82, 2.24) is 0 Å². The number of hydrogen-bond acceptors (Lipinski definition) is 4. The molecule has 0 fully saturated rings. The van der Waals surface area contributed by atoms with Crippen molar-refractivity contribution in [1.29, 1.82) is 5.26 Å². The number of phenolic OH excluding ortho intramolecular Hbond substituents is 1.